The van der Waals surface area contributed by atoms with Crippen molar-refractivity contribution < 1.29 is 35.9 Å². The Balaban J connectivity index is 1.88. The van der Waals surface area contributed by atoms with E-state index in [4.69, 9.17) is 4.74 Å². The maximum Gasteiger partial charge on any atom is 0.416 e. The molecule has 0 bridgehead atoms. The van der Waals surface area contributed by atoms with Crippen molar-refractivity contribution in [1.82, 2.24) is 10.2 Å². The summed E-state index contributed by atoms with van der Waals surface area (Å²) >= 11 is 0. The van der Waals surface area contributed by atoms with E-state index in [0.29, 0.717) is 35.9 Å². The van der Waals surface area contributed by atoms with E-state index in [1.165, 1.54) is 18.2 Å². The number of amides is 1. The van der Waals surface area contributed by atoms with Gasteiger partial charge in [-0.2, -0.15) is 26.3 Å². The molecule has 5 nitrogen and oxygen atoms in total. The Morgan fingerprint density at radius 1 is 0.906 bits per heavy atom. The molecule has 0 atom stereocenters. The van der Waals surface area contributed by atoms with Crippen molar-refractivity contribution in [3.8, 4) is 17.1 Å². The van der Waals surface area contributed by atoms with Gasteiger partial charge in [0.05, 0.1) is 23.4 Å². The number of halogens is 6. The highest BCUT2D eigenvalue weighted by Gasteiger charge is 2.37. The Labute approximate surface area is 178 Å². The SMILES string of the molecule is CCOc1ccc(-c2cccc(NC(=O)c3cc(C(F)(F)F)cc(C(F)(F)F)c3)c2)nn1. The minimum absolute atomic E-state index is 0.0397. The lowest BCUT2D eigenvalue weighted by Crippen LogP contribution is -2.17. The van der Waals surface area contributed by atoms with Gasteiger partial charge in [-0.3, -0.25) is 4.79 Å². The van der Waals surface area contributed by atoms with E-state index in [9.17, 15) is 31.1 Å². The standard InChI is InChI=1S/C21H15F6N3O2/c1-2-32-18-7-6-17(29-30-18)12-4-3-5-16(10-12)28-19(31)13-8-14(20(22,23)24)11-15(9-13)21(25,26)27/h3-11H,2H2,1H3,(H,28,31). The molecule has 0 aliphatic rings. The topological polar surface area (TPSA) is 64.1 Å². The Bertz CT molecular complexity index is 1080. The molecule has 3 aromatic rings. The fourth-order valence-electron chi connectivity index (χ4n) is 2.74. The third-order valence-corrected chi connectivity index (χ3v) is 4.20. The number of carbonyl (C=O) groups is 1. The molecule has 0 radical (unpaired) electrons. The fourth-order valence-corrected chi connectivity index (χ4v) is 2.74. The minimum Gasteiger partial charge on any atom is -0.477 e. The summed E-state index contributed by atoms with van der Waals surface area (Å²) in [6.45, 7) is 2.19. The number of alkyl halides is 6. The highest BCUT2D eigenvalue weighted by Crippen LogP contribution is 2.36. The molecule has 0 saturated carbocycles. The molecule has 1 aromatic heterocycles. The van der Waals surface area contributed by atoms with Crippen molar-refractivity contribution in [2.75, 3.05) is 11.9 Å². The molecule has 168 valence electrons. The van der Waals surface area contributed by atoms with Gasteiger partial charge < -0.3 is 10.1 Å². The zero-order chi connectivity index (χ0) is 23.5. The van der Waals surface area contributed by atoms with Gasteiger partial charge in [-0.15, -0.1) is 10.2 Å². The number of nitrogens with zero attached hydrogens (tertiary/aromatic N) is 2. The van der Waals surface area contributed by atoms with E-state index in [2.05, 4.69) is 15.5 Å². The third kappa shape index (κ3) is 5.54. The molecule has 1 N–H and O–H groups in total. The predicted molar refractivity (Wildman–Crippen MR) is 103 cm³/mol. The summed E-state index contributed by atoms with van der Waals surface area (Å²) < 4.78 is 83.3. The van der Waals surface area contributed by atoms with Crippen LogP contribution in [0.15, 0.2) is 54.6 Å². The van der Waals surface area contributed by atoms with Gasteiger partial charge in [0, 0.05) is 22.9 Å². The second-order valence-corrected chi connectivity index (χ2v) is 6.52. The van der Waals surface area contributed by atoms with Gasteiger partial charge in [-0.05, 0) is 43.3 Å². The molecule has 0 saturated heterocycles. The van der Waals surface area contributed by atoms with Crippen LogP contribution in [-0.2, 0) is 12.4 Å². The van der Waals surface area contributed by atoms with Crippen LogP contribution in [0, 0.1) is 0 Å². The number of ether oxygens (including phenoxy) is 1. The summed E-state index contributed by atoms with van der Waals surface area (Å²) in [5.74, 6) is -0.817. The van der Waals surface area contributed by atoms with Gasteiger partial charge in [0.15, 0.2) is 0 Å². The lowest BCUT2D eigenvalue weighted by molar-refractivity contribution is -0.143. The van der Waals surface area contributed by atoms with Crippen molar-refractivity contribution in [3.63, 3.8) is 0 Å². The van der Waals surface area contributed by atoms with Crippen molar-refractivity contribution in [3.05, 3.63) is 71.3 Å². The molecule has 2 aromatic carbocycles. The first kappa shape index (κ1) is 23.0. The maximum atomic E-state index is 13.0. The summed E-state index contributed by atoms with van der Waals surface area (Å²) in [6.07, 6.45) is -10.1. The second-order valence-electron chi connectivity index (χ2n) is 6.52. The number of benzene rings is 2. The highest BCUT2D eigenvalue weighted by molar-refractivity contribution is 6.04. The Morgan fingerprint density at radius 3 is 2.09 bits per heavy atom. The van der Waals surface area contributed by atoms with Crippen molar-refractivity contribution >= 4 is 11.6 Å². The van der Waals surface area contributed by atoms with E-state index in [0.717, 1.165) is 0 Å². The Morgan fingerprint density at radius 2 is 1.56 bits per heavy atom. The molecule has 0 spiro atoms. The number of rotatable bonds is 5. The van der Waals surface area contributed by atoms with Crippen LogP contribution >= 0.6 is 0 Å². The molecule has 11 heteroatoms. The number of carbonyl (C=O) groups excluding carboxylic acids is 1. The van der Waals surface area contributed by atoms with Crippen LogP contribution in [0.5, 0.6) is 5.88 Å². The summed E-state index contributed by atoms with van der Waals surface area (Å²) in [7, 11) is 0. The Hall–Kier alpha value is -3.63. The predicted octanol–water partition coefficient (Wildman–Crippen LogP) is 5.83. The van der Waals surface area contributed by atoms with Crippen LogP contribution in [-0.4, -0.2) is 22.7 Å². The molecular formula is C21H15F6N3O2. The van der Waals surface area contributed by atoms with Crippen LogP contribution in [0.3, 0.4) is 0 Å². The van der Waals surface area contributed by atoms with Gasteiger partial charge in [-0.1, -0.05) is 12.1 Å². The molecule has 0 aliphatic heterocycles. The lowest BCUT2D eigenvalue weighted by atomic mass is 10.0. The van der Waals surface area contributed by atoms with Crippen molar-refractivity contribution in [2.24, 2.45) is 0 Å². The van der Waals surface area contributed by atoms with Gasteiger partial charge in [0.1, 0.15) is 0 Å². The molecule has 32 heavy (non-hydrogen) atoms. The number of hydrogen-bond acceptors (Lipinski definition) is 4. The van der Waals surface area contributed by atoms with Crippen LogP contribution < -0.4 is 10.1 Å². The van der Waals surface area contributed by atoms with Crippen LogP contribution in [0.2, 0.25) is 0 Å². The number of nitrogens with one attached hydrogen (secondary N) is 1. The molecule has 1 amide bonds. The van der Waals surface area contributed by atoms with Crippen molar-refractivity contribution in [1.29, 1.82) is 0 Å². The lowest BCUT2D eigenvalue weighted by Gasteiger charge is -2.14. The smallest absolute Gasteiger partial charge is 0.416 e. The monoisotopic (exact) mass is 455 g/mol. The molecular weight excluding hydrogens is 440 g/mol. The zero-order valence-corrected chi connectivity index (χ0v) is 16.4. The van der Waals surface area contributed by atoms with Crippen LogP contribution in [0.1, 0.15) is 28.4 Å². The fraction of sp³-hybridized carbons (Fsp3) is 0.190. The molecule has 1 heterocycles. The van der Waals surface area contributed by atoms with Gasteiger partial charge in [0.2, 0.25) is 5.88 Å². The normalized spacial score (nSPS) is 11.8. The van der Waals surface area contributed by atoms with E-state index >= 15 is 0 Å². The number of hydrogen-bond donors (Lipinski definition) is 1. The highest BCUT2D eigenvalue weighted by atomic mass is 19.4. The van der Waals surface area contributed by atoms with Gasteiger partial charge in [-0.25, -0.2) is 0 Å². The Kier molecular flexibility index (Phi) is 6.37. The quantitative estimate of drug-likeness (QED) is 0.492. The summed E-state index contributed by atoms with van der Waals surface area (Å²) in [6, 6.07) is 9.96. The van der Waals surface area contributed by atoms with E-state index in [1.807, 2.05) is 0 Å². The maximum absolute atomic E-state index is 13.0. The molecule has 0 unspecified atom stereocenters. The largest absolute Gasteiger partial charge is 0.477 e. The molecule has 0 aliphatic carbocycles. The summed E-state index contributed by atoms with van der Waals surface area (Å²) in [4.78, 5) is 12.4. The average Bonchev–Trinajstić information content (AvgIpc) is 2.73. The van der Waals surface area contributed by atoms with E-state index in [1.54, 1.807) is 25.1 Å². The molecule has 0 fully saturated rings. The van der Waals surface area contributed by atoms with Crippen LogP contribution in [0.4, 0.5) is 32.0 Å². The first-order valence-electron chi connectivity index (χ1n) is 9.15. The average molecular weight is 455 g/mol. The molecule has 3 rings (SSSR count). The van der Waals surface area contributed by atoms with E-state index < -0.39 is 35.0 Å². The van der Waals surface area contributed by atoms with Crippen molar-refractivity contribution in [2.45, 2.75) is 19.3 Å². The first-order chi connectivity index (χ1) is 15.0. The summed E-state index contributed by atoms with van der Waals surface area (Å²) in [5, 5.41) is 10.2. The van der Waals surface area contributed by atoms with E-state index in [-0.39, 0.29) is 11.8 Å². The zero-order valence-electron chi connectivity index (χ0n) is 16.4. The second kappa shape index (κ2) is 8.85. The van der Waals surface area contributed by atoms with Gasteiger partial charge >= 0.3 is 12.4 Å². The first-order valence-corrected chi connectivity index (χ1v) is 9.15. The number of anilines is 1. The third-order valence-electron chi connectivity index (χ3n) is 4.20. The summed E-state index contributed by atoms with van der Waals surface area (Å²) in [5.41, 5.74) is -2.85. The van der Waals surface area contributed by atoms with Crippen LogP contribution in [0.25, 0.3) is 11.3 Å². The minimum atomic E-state index is -5.05. The van der Waals surface area contributed by atoms with Gasteiger partial charge in [0.25, 0.3) is 5.91 Å². The number of aromatic nitrogens is 2.